The van der Waals surface area contributed by atoms with Gasteiger partial charge in [0.25, 0.3) is 0 Å². The molecule has 378 valence electrons. The van der Waals surface area contributed by atoms with Crippen molar-refractivity contribution < 1.29 is 4.74 Å². The Balaban J connectivity index is 0.000000158. The Bertz CT molecular complexity index is 4210. The molecule has 13 rings (SSSR count). The molecule has 1 unspecified atom stereocenters. The lowest BCUT2D eigenvalue weighted by molar-refractivity contribution is -0.0298. The normalized spacial score (nSPS) is 13.5. The van der Waals surface area contributed by atoms with E-state index in [9.17, 15) is 0 Å². The molecule has 78 heavy (non-hydrogen) atoms. The van der Waals surface area contributed by atoms with Crippen molar-refractivity contribution in [3.05, 3.63) is 181 Å². The van der Waals surface area contributed by atoms with Crippen molar-refractivity contribution in [2.75, 3.05) is 27.9 Å². The Morgan fingerprint density at radius 2 is 1.14 bits per heavy atom. The summed E-state index contributed by atoms with van der Waals surface area (Å²) < 4.78 is 8.02. The summed E-state index contributed by atoms with van der Waals surface area (Å²) >= 11 is 0. The molecule has 2 aliphatic rings. The van der Waals surface area contributed by atoms with Crippen molar-refractivity contribution in [3.63, 3.8) is 0 Å². The van der Waals surface area contributed by atoms with Gasteiger partial charge in [-0.1, -0.05) is 48.2 Å². The van der Waals surface area contributed by atoms with Gasteiger partial charge in [-0.2, -0.15) is 0 Å². The zero-order chi connectivity index (χ0) is 53.0. The van der Waals surface area contributed by atoms with Gasteiger partial charge in [0, 0.05) is 99.2 Å². The second-order valence-corrected chi connectivity index (χ2v) is 18.7. The Morgan fingerprint density at radius 3 is 1.74 bits per heavy atom. The summed E-state index contributed by atoms with van der Waals surface area (Å²) in [5.41, 5.74) is 13.7. The highest BCUT2D eigenvalue weighted by Crippen LogP contribution is 2.41. The van der Waals surface area contributed by atoms with Gasteiger partial charge in [0.1, 0.15) is 64.7 Å². The SMILES string of the molecule is C#Cc1cccc(Nc2nccc3c(Nc4ncccc4-c4ncnc5c4N=CC5)c(C)ccc23)c1.C#Cc1cccc(Nc2nccc3c(Nc4ncccc4-c4ncnc5c4ncn5C4CCCCO4)c(C)ccc23)c1. The molecule has 1 saturated heterocycles. The first-order valence-corrected chi connectivity index (χ1v) is 25.4. The van der Waals surface area contributed by atoms with Crippen LogP contribution in [0, 0.1) is 38.5 Å². The van der Waals surface area contributed by atoms with Crippen molar-refractivity contribution in [3.8, 4) is 47.2 Å². The van der Waals surface area contributed by atoms with E-state index in [0.717, 1.165) is 138 Å². The molecule has 2 aliphatic heterocycles. The average Bonchev–Trinajstić information content (AvgIpc) is 4.19. The van der Waals surface area contributed by atoms with E-state index in [1.807, 2.05) is 95.7 Å². The number of ether oxygens (including phenoxy) is 1. The van der Waals surface area contributed by atoms with Crippen LogP contribution < -0.4 is 21.3 Å². The van der Waals surface area contributed by atoms with E-state index in [4.69, 9.17) is 27.6 Å². The van der Waals surface area contributed by atoms with Crippen molar-refractivity contribution in [2.45, 2.75) is 45.8 Å². The van der Waals surface area contributed by atoms with Gasteiger partial charge in [-0.25, -0.2) is 44.9 Å². The highest BCUT2D eigenvalue weighted by Gasteiger charge is 2.23. The Labute approximate surface area is 449 Å². The first-order chi connectivity index (χ1) is 38.4. The molecule has 1 atom stereocenters. The first-order valence-electron chi connectivity index (χ1n) is 25.4. The zero-order valence-electron chi connectivity index (χ0n) is 42.6. The molecule has 0 amide bonds. The van der Waals surface area contributed by atoms with Gasteiger partial charge in [0.15, 0.2) is 5.65 Å². The molecule has 0 radical (unpaired) electrons. The molecule has 9 heterocycles. The molecule has 0 aliphatic carbocycles. The minimum absolute atomic E-state index is 0.0678. The Morgan fingerprint density at radius 1 is 0.551 bits per heavy atom. The summed E-state index contributed by atoms with van der Waals surface area (Å²) in [6.07, 6.45) is 28.9. The standard InChI is InChI=1S/C33H28N8O.C29H21N7/c1-3-22-8-6-9-23(18-22)39-31-25-13-12-21(2)28(24(25)14-16-35-31)40-32-26(10-7-15-34-32)29-30-33(37-19-36-29)41(20-38-30)27-11-4-5-17-42-27;1-3-19-6-4-7-20(16-19)35-28-22-10-9-18(2)25(21(22)11-14-32-28)36-29-23(8-5-13-31-29)26-27-24(12-15-30-27)33-17-34-26/h1,6-10,12-16,18-20,27H,4-5,11,17H2,2H3,(H,34,40)(H,35,39);1,4-11,13-17H,12H2,2H3,(H,31,36)(H,32,35). The number of hydrogen-bond donors (Lipinski definition) is 4. The van der Waals surface area contributed by atoms with Crippen molar-refractivity contribution in [1.82, 2.24) is 49.4 Å². The number of hydrogen-bond acceptors (Lipinski definition) is 15. The van der Waals surface area contributed by atoms with E-state index in [2.05, 4.69) is 111 Å². The van der Waals surface area contributed by atoms with Crippen LogP contribution in [0.2, 0.25) is 0 Å². The van der Waals surface area contributed by atoms with Crippen LogP contribution in [0.4, 0.5) is 51.7 Å². The number of fused-ring (bicyclic) bond motifs is 4. The third-order valence-corrected chi connectivity index (χ3v) is 13.7. The number of imidazole rings is 1. The summed E-state index contributed by atoms with van der Waals surface area (Å²) in [6.45, 7) is 4.89. The fraction of sp³-hybridized carbons (Fsp3) is 0.129. The summed E-state index contributed by atoms with van der Waals surface area (Å²) in [7, 11) is 0. The number of aliphatic imine (C=N–C) groups is 1. The number of aryl methyl sites for hydroxylation is 2. The molecule has 11 aromatic rings. The smallest absolute Gasteiger partial charge is 0.165 e. The zero-order valence-corrected chi connectivity index (χ0v) is 42.6. The van der Waals surface area contributed by atoms with E-state index >= 15 is 0 Å². The van der Waals surface area contributed by atoms with Crippen LogP contribution >= 0.6 is 0 Å². The number of nitrogens with zero attached hydrogens (tertiary/aromatic N) is 11. The topological polar surface area (TPSA) is 191 Å². The number of terminal acetylenes is 2. The number of benzene rings is 4. The molecule has 16 heteroatoms. The maximum Gasteiger partial charge on any atom is 0.165 e. The number of rotatable bonds is 11. The van der Waals surface area contributed by atoms with Gasteiger partial charge in [0.05, 0.1) is 23.4 Å². The van der Waals surface area contributed by atoms with Crippen molar-refractivity contribution in [1.29, 1.82) is 0 Å². The Kier molecular flexibility index (Phi) is 13.3. The second kappa shape index (κ2) is 21.4. The number of nitrogens with one attached hydrogen (secondary N) is 4. The van der Waals surface area contributed by atoms with E-state index in [0.29, 0.717) is 29.3 Å². The minimum Gasteiger partial charge on any atom is -0.358 e. The predicted octanol–water partition coefficient (Wildman–Crippen LogP) is 13.0. The van der Waals surface area contributed by atoms with Gasteiger partial charge in [-0.05, 0) is 117 Å². The van der Waals surface area contributed by atoms with Crippen LogP contribution in [0.1, 0.15) is 53.4 Å². The van der Waals surface area contributed by atoms with Crippen LogP contribution in [0.3, 0.4) is 0 Å². The van der Waals surface area contributed by atoms with Gasteiger partial charge in [-0.3, -0.25) is 9.56 Å². The lowest BCUT2D eigenvalue weighted by atomic mass is 10.0. The average molecular weight is 1020 g/mol. The van der Waals surface area contributed by atoms with E-state index < -0.39 is 0 Å². The lowest BCUT2D eigenvalue weighted by Crippen LogP contribution is -2.17. The number of anilines is 8. The summed E-state index contributed by atoms with van der Waals surface area (Å²) in [6, 6.07) is 35.6. The summed E-state index contributed by atoms with van der Waals surface area (Å²) in [5.74, 6) is 8.21. The second-order valence-electron chi connectivity index (χ2n) is 18.7. The monoisotopic (exact) mass is 1020 g/mol. The van der Waals surface area contributed by atoms with Gasteiger partial charge < -0.3 is 26.0 Å². The molecule has 1 fully saturated rings. The fourth-order valence-electron chi connectivity index (χ4n) is 9.86. The van der Waals surface area contributed by atoms with E-state index in [1.165, 1.54) is 0 Å². The van der Waals surface area contributed by atoms with Crippen LogP contribution in [0.25, 0.3) is 55.2 Å². The maximum absolute atomic E-state index is 6.01. The molecule has 4 aromatic carbocycles. The maximum atomic E-state index is 6.01. The van der Waals surface area contributed by atoms with Crippen LogP contribution in [0.15, 0.2) is 158 Å². The molecule has 0 saturated carbocycles. The minimum atomic E-state index is -0.0678. The predicted molar refractivity (Wildman–Crippen MR) is 309 cm³/mol. The fourth-order valence-corrected chi connectivity index (χ4v) is 9.86. The van der Waals surface area contributed by atoms with E-state index in [1.54, 1.807) is 43.8 Å². The number of pyridine rings is 4. The summed E-state index contributed by atoms with van der Waals surface area (Å²) in [4.78, 5) is 46.0. The number of aromatic nitrogens is 10. The van der Waals surface area contributed by atoms with Crippen LogP contribution in [-0.4, -0.2) is 62.2 Å². The third-order valence-electron chi connectivity index (χ3n) is 13.7. The van der Waals surface area contributed by atoms with Gasteiger partial charge in [0.2, 0.25) is 0 Å². The lowest BCUT2D eigenvalue weighted by Gasteiger charge is -2.23. The van der Waals surface area contributed by atoms with Gasteiger partial charge in [-0.15, -0.1) is 12.8 Å². The highest BCUT2D eigenvalue weighted by molar-refractivity contribution is 6.05. The molecule has 0 bridgehead atoms. The first kappa shape index (κ1) is 48.5. The highest BCUT2D eigenvalue weighted by atomic mass is 16.5. The largest absolute Gasteiger partial charge is 0.358 e. The third kappa shape index (κ3) is 9.62. The van der Waals surface area contributed by atoms with E-state index in [-0.39, 0.29) is 6.23 Å². The quantitative estimate of drug-likeness (QED) is 0.0895. The van der Waals surface area contributed by atoms with Crippen LogP contribution in [0.5, 0.6) is 0 Å². The van der Waals surface area contributed by atoms with Gasteiger partial charge >= 0.3 is 0 Å². The summed E-state index contributed by atoms with van der Waals surface area (Å²) in [5, 5.41) is 18.0. The van der Waals surface area contributed by atoms with Crippen LogP contribution in [-0.2, 0) is 11.2 Å². The molecular weight excluding hydrogens is 971 g/mol. The molecule has 4 N–H and O–H groups in total. The Hall–Kier alpha value is -10.4. The molecule has 16 nitrogen and oxygen atoms in total. The molecule has 7 aromatic heterocycles. The van der Waals surface area contributed by atoms with Crippen molar-refractivity contribution >= 4 is 90.6 Å². The molecular formula is C62H49N15O. The molecule has 0 spiro atoms. The van der Waals surface area contributed by atoms with Crippen molar-refractivity contribution in [2.24, 2.45) is 4.99 Å².